The summed E-state index contributed by atoms with van der Waals surface area (Å²) < 4.78 is 10.4. The lowest BCUT2D eigenvalue weighted by molar-refractivity contribution is 0.0506. The highest BCUT2D eigenvalue weighted by Gasteiger charge is 2.32. The average Bonchev–Trinajstić information content (AvgIpc) is 2.84. The third kappa shape index (κ3) is 4.38. The highest BCUT2D eigenvalue weighted by molar-refractivity contribution is 6.29. The summed E-state index contributed by atoms with van der Waals surface area (Å²) in [6.45, 7) is 3.13. The molecule has 1 fully saturated rings. The van der Waals surface area contributed by atoms with E-state index in [-0.39, 0.29) is 34.7 Å². The van der Waals surface area contributed by atoms with Gasteiger partial charge in [-0.3, -0.25) is 4.79 Å². The maximum absolute atomic E-state index is 11.9. The van der Waals surface area contributed by atoms with Crippen LogP contribution in [0.4, 0.5) is 0 Å². The van der Waals surface area contributed by atoms with E-state index in [0.717, 1.165) is 25.9 Å². The molecular weight excluding hydrogens is 303 g/mol. The number of amides is 1. The van der Waals surface area contributed by atoms with E-state index in [1.807, 2.05) is 0 Å². The number of piperidine rings is 1. The summed E-state index contributed by atoms with van der Waals surface area (Å²) in [4.78, 5) is 11.9. The minimum absolute atomic E-state index is 0. The predicted octanol–water partition coefficient (Wildman–Crippen LogP) is 2.10. The number of rotatable bonds is 5. The van der Waals surface area contributed by atoms with E-state index in [2.05, 4.69) is 10.6 Å². The second-order valence-corrected chi connectivity index (χ2v) is 5.34. The normalized spacial score (nSPS) is 17.3. The number of hydrogen-bond donors (Lipinski definition) is 2. The van der Waals surface area contributed by atoms with Crippen LogP contribution in [-0.2, 0) is 4.74 Å². The van der Waals surface area contributed by atoms with Gasteiger partial charge in [0, 0.05) is 19.1 Å². The lowest BCUT2D eigenvalue weighted by Gasteiger charge is -2.37. The zero-order valence-corrected chi connectivity index (χ0v) is 13.0. The number of ether oxygens (including phenoxy) is 1. The molecule has 0 aromatic carbocycles. The molecule has 2 heterocycles. The Labute approximate surface area is 129 Å². The van der Waals surface area contributed by atoms with Crippen molar-refractivity contribution in [1.82, 2.24) is 10.6 Å². The van der Waals surface area contributed by atoms with Crippen LogP contribution in [0, 0.1) is 5.41 Å². The molecule has 0 atom stereocenters. The fourth-order valence-electron chi connectivity index (χ4n) is 2.43. The molecule has 1 aliphatic heterocycles. The first-order valence-corrected chi connectivity index (χ1v) is 6.76. The predicted molar refractivity (Wildman–Crippen MR) is 79.7 cm³/mol. The van der Waals surface area contributed by atoms with Crippen LogP contribution < -0.4 is 10.6 Å². The van der Waals surface area contributed by atoms with E-state index in [9.17, 15) is 4.79 Å². The number of hydrogen-bond acceptors (Lipinski definition) is 4. The van der Waals surface area contributed by atoms with Gasteiger partial charge in [0.05, 0.1) is 6.61 Å². The molecular formula is C13H20Cl2N2O3. The third-order valence-corrected chi connectivity index (χ3v) is 3.74. The zero-order valence-electron chi connectivity index (χ0n) is 11.4. The number of carbonyl (C=O) groups is 1. The summed E-state index contributed by atoms with van der Waals surface area (Å²) in [6.07, 6.45) is 1.97. The van der Waals surface area contributed by atoms with E-state index < -0.39 is 0 Å². The van der Waals surface area contributed by atoms with Crippen LogP contribution in [-0.4, -0.2) is 39.3 Å². The third-order valence-electron chi connectivity index (χ3n) is 3.54. The second kappa shape index (κ2) is 7.88. The van der Waals surface area contributed by atoms with Crippen molar-refractivity contribution in [3.05, 3.63) is 23.1 Å². The molecule has 1 aliphatic rings. The van der Waals surface area contributed by atoms with Crippen LogP contribution >= 0.6 is 24.0 Å². The lowest BCUT2D eigenvalue weighted by Crippen LogP contribution is -2.47. The number of nitrogens with one attached hydrogen (secondary N) is 2. The molecule has 1 amide bonds. The Morgan fingerprint density at radius 2 is 2.20 bits per heavy atom. The Kier molecular flexibility index (Phi) is 6.82. The Balaban J connectivity index is 0.00000200. The minimum Gasteiger partial charge on any atom is -0.440 e. The molecule has 0 aliphatic carbocycles. The SMILES string of the molecule is COCC1(CNC(=O)c2ccc(Cl)o2)CCNCC1.Cl. The molecule has 1 saturated heterocycles. The first kappa shape index (κ1) is 17.3. The topological polar surface area (TPSA) is 63.5 Å². The number of methoxy groups -OCH3 is 1. The first-order chi connectivity index (χ1) is 9.15. The Bertz CT molecular complexity index is 425. The molecule has 0 unspecified atom stereocenters. The molecule has 7 heteroatoms. The summed E-state index contributed by atoms with van der Waals surface area (Å²) in [6, 6.07) is 3.13. The van der Waals surface area contributed by atoms with E-state index in [0.29, 0.717) is 13.2 Å². The quantitative estimate of drug-likeness (QED) is 0.871. The highest BCUT2D eigenvalue weighted by Crippen LogP contribution is 2.28. The van der Waals surface area contributed by atoms with Gasteiger partial charge < -0.3 is 19.8 Å². The average molecular weight is 323 g/mol. The largest absolute Gasteiger partial charge is 0.440 e. The van der Waals surface area contributed by atoms with E-state index in [1.165, 1.54) is 0 Å². The summed E-state index contributed by atoms with van der Waals surface area (Å²) in [5.41, 5.74) is 0.00600. The molecule has 20 heavy (non-hydrogen) atoms. The van der Waals surface area contributed by atoms with Crippen molar-refractivity contribution in [3.8, 4) is 0 Å². The number of carbonyl (C=O) groups excluding carboxylic acids is 1. The molecule has 1 aromatic heterocycles. The van der Waals surface area contributed by atoms with Crippen molar-refractivity contribution in [2.75, 3.05) is 33.4 Å². The first-order valence-electron chi connectivity index (χ1n) is 6.38. The van der Waals surface area contributed by atoms with E-state index >= 15 is 0 Å². The monoisotopic (exact) mass is 322 g/mol. The molecule has 0 spiro atoms. The maximum atomic E-state index is 11.9. The van der Waals surface area contributed by atoms with Crippen LogP contribution in [0.3, 0.4) is 0 Å². The van der Waals surface area contributed by atoms with Crippen molar-refractivity contribution >= 4 is 29.9 Å². The molecule has 0 radical (unpaired) electrons. The summed E-state index contributed by atoms with van der Waals surface area (Å²) in [5.74, 6) is 0.00686. The van der Waals surface area contributed by atoms with Gasteiger partial charge >= 0.3 is 0 Å². The molecule has 2 rings (SSSR count). The molecule has 0 bridgehead atoms. The van der Waals surface area contributed by atoms with Crippen LogP contribution in [0.25, 0.3) is 0 Å². The fraction of sp³-hybridized carbons (Fsp3) is 0.615. The fourth-order valence-corrected chi connectivity index (χ4v) is 2.57. The van der Waals surface area contributed by atoms with Crippen LogP contribution in [0.2, 0.25) is 5.22 Å². The summed E-state index contributed by atoms with van der Waals surface area (Å²) in [7, 11) is 1.69. The molecule has 2 N–H and O–H groups in total. The Hall–Kier alpha value is -0.750. The van der Waals surface area contributed by atoms with Crippen LogP contribution in [0.1, 0.15) is 23.4 Å². The van der Waals surface area contributed by atoms with Crippen molar-refractivity contribution in [2.24, 2.45) is 5.41 Å². The highest BCUT2D eigenvalue weighted by atomic mass is 35.5. The van der Waals surface area contributed by atoms with Gasteiger partial charge in [0.1, 0.15) is 0 Å². The van der Waals surface area contributed by atoms with Gasteiger partial charge in [-0.2, -0.15) is 0 Å². The number of halogens is 2. The van der Waals surface area contributed by atoms with Crippen molar-refractivity contribution in [3.63, 3.8) is 0 Å². The summed E-state index contributed by atoms with van der Waals surface area (Å²) in [5, 5.41) is 6.45. The standard InChI is InChI=1S/C13H19ClN2O3.ClH/c1-18-9-13(4-6-15-7-5-13)8-16-12(17)10-2-3-11(14)19-10;/h2-3,15H,4-9H2,1H3,(H,16,17);1H. The molecule has 0 saturated carbocycles. The molecule has 5 nitrogen and oxygen atoms in total. The second-order valence-electron chi connectivity index (χ2n) is 4.97. The number of furan rings is 1. The van der Waals surface area contributed by atoms with Crippen molar-refractivity contribution in [2.45, 2.75) is 12.8 Å². The summed E-state index contributed by atoms with van der Waals surface area (Å²) >= 11 is 5.66. The van der Waals surface area contributed by atoms with Crippen LogP contribution in [0.5, 0.6) is 0 Å². The van der Waals surface area contributed by atoms with E-state index in [4.69, 9.17) is 20.8 Å². The Morgan fingerprint density at radius 3 is 2.75 bits per heavy atom. The van der Waals surface area contributed by atoms with Gasteiger partial charge in [-0.1, -0.05) is 0 Å². The van der Waals surface area contributed by atoms with Crippen molar-refractivity contribution in [1.29, 1.82) is 0 Å². The van der Waals surface area contributed by atoms with Gasteiger partial charge in [-0.25, -0.2) is 0 Å². The zero-order chi connectivity index (χ0) is 13.7. The van der Waals surface area contributed by atoms with Gasteiger partial charge in [0.15, 0.2) is 11.0 Å². The molecule has 114 valence electrons. The minimum atomic E-state index is -0.235. The van der Waals surface area contributed by atoms with Crippen molar-refractivity contribution < 1.29 is 13.9 Å². The lowest BCUT2D eigenvalue weighted by atomic mass is 9.79. The smallest absolute Gasteiger partial charge is 0.287 e. The van der Waals surface area contributed by atoms with Gasteiger partial charge in [0.25, 0.3) is 5.91 Å². The van der Waals surface area contributed by atoms with E-state index in [1.54, 1.807) is 19.2 Å². The van der Waals surface area contributed by atoms with Gasteiger partial charge in [-0.15, -0.1) is 12.4 Å². The molecule has 1 aromatic rings. The van der Waals surface area contributed by atoms with Gasteiger partial charge in [-0.05, 0) is 49.7 Å². The Morgan fingerprint density at radius 1 is 1.50 bits per heavy atom. The van der Waals surface area contributed by atoms with Gasteiger partial charge in [0.2, 0.25) is 0 Å². The van der Waals surface area contributed by atoms with Crippen LogP contribution in [0.15, 0.2) is 16.5 Å². The maximum Gasteiger partial charge on any atom is 0.287 e.